The van der Waals surface area contributed by atoms with Gasteiger partial charge in [-0.3, -0.25) is 9.59 Å². The molecule has 1 N–H and O–H groups in total. The molecule has 4 nitrogen and oxygen atoms in total. The molecule has 0 bridgehead atoms. The van der Waals surface area contributed by atoms with E-state index in [-0.39, 0.29) is 23.7 Å². The summed E-state index contributed by atoms with van der Waals surface area (Å²) >= 11 is 0. The zero-order chi connectivity index (χ0) is 21.1. The number of amides is 2. The number of halogens is 1. The van der Waals surface area contributed by atoms with Crippen molar-refractivity contribution in [3.05, 3.63) is 59.9 Å². The largest absolute Gasteiger partial charge is 0.353 e. The van der Waals surface area contributed by atoms with E-state index >= 15 is 0 Å². The Labute approximate surface area is 177 Å². The van der Waals surface area contributed by atoms with E-state index in [4.69, 9.17) is 0 Å². The fraction of sp³-hybridized carbons (Fsp3) is 0.440. The molecule has 2 aliphatic rings. The summed E-state index contributed by atoms with van der Waals surface area (Å²) in [7, 11) is 0. The summed E-state index contributed by atoms with van der Waals surface area (Å²) in [5, 5.41) is 3.18. The summed E-state index contributed by atoms with van der Waals surface area (Å²) in [5.41, 5.74) is 1.82. The molecule has 2 amide bonds. The van der Waals surface area contributed by atoms with Gasteiger partial charge in [-0.15, -0.1) is 0 Å². The van der Waals surface area contributed by atoms with Crippen molar-refractivity contribution in [2.24, 2.45) is 5.41 Å². The van der Waals surface area contributed by atoms with Gasteiger partial charge in [-0.05, 0) is 49.3 Å². The fourth-order valence-electron chi connectivity index (χ4n) is 4.43. The van der Waals surface area contributed by atoms with Gasteiger partial charge < -0.3 is 10.2 Å². The van der Waals surface area contributed by atoms with Crippen LogP contribution in [0, 0.1) is 11.2 Å². The van der Waals surface area contributed by atoms with Crippen LogP contribution in [0.15, 0.2) is 48.5 Å². The molecule has 0 spiro atoms. The summed E-state index contributed by atoms with van der Waals surface area (Å²) in [6.45, 7) is 3.05. The van der Waals surface area contributed by atoms with Gasteiger partial charge >= 0.3 is 0 Å². The maximum Gasteiger partial charge on any atom is 0.228 e. The van der Waals surface area contributed by atoms with E-state index in [1.807, 2.05) is 42.2 Å². The van der Waals surface area contributed by atoms with Crippen LogP contribution in [0.4, 0.5) is 4.39 Å². The van der Waals surface area contributed by atoms with E-state index < -0.39 is 5.41 Å². The quantitative estimate of drug-likeness (QED) is 0.773. The van der Waals surface area contributed by atoms with Crippen LogP contribution in [-0.2, 0) is 16.0 Å². The number of likely N-dealkylation sites (tertiary alicyclic amines) is 1. The predicted octanol–water partition coefficient (Wildman–Crippen LogP) is 4.33. The molecule has 2 aromatic rings. The molecule has 2 fully saturated rings. The Balaban J connectivity index is 1.57. The Morgan fingerprint density at radius 1 is 1.13 bits per heavy atom. The molecule has 1 aliphatic carbocycles. The Morgan fingerprint density at radius 2 is 1.87 bits per heavy atom. The van der Waals surface area contributed by atoms with Crippen molar-refractivity contribution in [3.8, 4) is 11.1 Å². The third-order valence-electron chi connectivity index (χ3n) is 6.31. The molecule has 158 valence electrons. The Kier molecular flexibility index (Phi) is 5.89. The number of carbonyl (C=O) groups excluding carboxylic acids is 2. The van der Waals surface area contributed by atoms with Crippen molar-refractivity contribution in [1.82, 2.24) is 10.2 Å². The van der Waals surface area contributed by atoms with Gasteiger partial charge in [0.05, 0.1) is 5.41 Å². The van der Waals surface area contributed by atoms with Crippen LogP contribution < -0.4 is 5.32 Å². The van der Waals surface area contributed by atoms with Gasteiger partial charge in [-0.1, -0.05) is 49.4 Å². The number of piperidine rings is 1. The summed E-state index contributed by atoms with van der Waals surface area (Å²) < 4.78 is 14.1. The molecule has 0 radical (unpaired) electrons. The standard InChI is InChI=1S/C25H29FN2O2/c1-2-23(29)28-15-5-14-25(17-28,24(30)27-20-12-13-20)16-18-8-10-19(11-9-18)21-6-3-4-7-22(21)26/h3-4,6-11,20H,2,5,12-17H2,1H3,(H,27,30)/t25-/m0/s1. The lowest BCUT2D eigenvalue weighted by molar-refractivity contribution is -0.141. The van der Waals surface area contributed by atoms with E-state index in [9.17, 15) is 14.0 Å². The summed E-state index contributed by atoms with van der Waals surface area (Å²) in [6, 6.07) is 14.8. The summed E-state index contributed by atoms with van der Waals surface area (Å²) in [5.74, 6) is -0.0727. The second-order valence-corrected chi connectivity index (χ2v) is 8.65. The highest BCUT2D eigenvalue weighted by atomic mass is 19.1. The SMILES string of the molecule is CCC(=O)N1CCC[C@@](Cc2ccc(-c3ccccc3F)cc2)(C(=O)NC2CC2)C1. The van der Waals surface area contributed by atoms with Gasteiger partial charge in [0.15, 0.2) is 0 Å². The number of hydrogen-bond donors (Lipinski definition) is 1. The molecule has 1 aliphatic heterocycles. The first-order valence-corrected chi connectivity index (χ1v) is 10.9. The average Bonchev–Trinajstić information content (AvgIpc) is 3.58. The topological polar surface area (TPSA) is 49.4 Å². The number of nitrogens with one attached hydrogen (secondary N) is 1. The van der Waals surface area contributed by atoms with Crippen LogP contribution in [0.25, 0.3) is 11.1 Å². The van der Waals surface area contributed by atoms with Gasteiger partial charge in [0.2, 0.25) is 11.8 Å². The third kappa shape index (κ3) is 4.40. The first kappa shape index (κ1) is 20.6. The third-order valence-corrected chi connectivity index (χ3v) is 6.31. The molecular weight excluding hydrogens is 379 g/mol. The Hall–Kier alpha value is -2.69. The van der Waals surface area contributed by atoms with Crippen LogP contribution in [0.3, 0.4) is 0 Å². The van der Waals surface area contributed by atoms with Gasteiger partial charge in [0, 0.05) is 31.1 Å². The normalized spacial score (nSPS) is 21.3. The maximum absolute atomic E-state index is 14.1. The number of benzene rings is 2. The minimum Gasteiger partial charge on any atom is -0.353 e. The first-order valence-electron chi connectivity index (χ1n) is 10.9. The molecule has 0 aromatic heterocycles. The smallest absolute Gasteiger partial charge is 0.228 e. The van der Waals surface area contributed by atoms with Crippen molar-refractivity contribution < 1.29 is 14.0 Å². The highest BCUT2D eigenvalue weighted by Gasteiger charge is 2.44. The molecule has 1 atom stereocenters. The summed E-state index contributed by atoms with van der Waals surface area (Å²) in [6.07, 6.45) is 4.72. The average molecular weight is 409 g/mol. The zero-order valence-corrected chi connectivity index (χ0v) is 17.5. The fourth-order valence-corrected chi connectivity index (χ4v) is 4.43. The highest BCUT2D eigenvalue weighted by molar-refractivity contribution is 5.85. The van der Waals surface area contributed by atoms with Crippen LogP contribution in [0.2, 0.25) is 0 Å². The zero-order valence-electron chi connectivity index (χ0n) is 17.5. The van der Waals surface area contributed by atoms with E-state index in [1.54, 1.807) is 12.1 Å². The first-order chi connectivity index (χ1) is 14.5. The van der Waals surface area contributed by atoms with Crippen LogP contribution >= 0.6 is 0 Å². The lowest BCUT2D eigenvalue weighted by atomic mass is 9.74. The lowest BCUT2D eigenvalue weighted by Crippen LogP contribution is -2.54. The van der Waals surface area contributed by atoms with Crippen LogP contribution in [-0.4, -0.2) is 35.8 Å². The molecule has 1 heterocycles. The van der Waals surface area contributed by atoms with E-state index in [1.165, 1.54) is 6.07 Å². The van der Waals surface area contributed by atoms with Crippen molar-refractivity contribution in [1.29, 1.82) is 0 Å². The minimum absolute atomic E-state index is 0.0665. The Morgan fingerprint density at radius 3 is 2.53 bits per heavy atom. The molecular formula is C25H29FN2O2. The van der Waals surface area contributed by atoms with Gasteiger partial charge in [-0.2, -0.15) is 0 Å². The molecule has 1 saturated carbocycles. The minimum atomic E-state index is -0.606. The Bertz CT molecular complexity index is 923. The molecule has 2 aromatic carbocycles. The number of carbonyl (C=O) groups is 2. The molecule has 1 saturated heterocycles. The van der Waals surface area contributed by atoms with E-state index in [0.29, 0.717) is 24.9 Å². The number of hydrogen-bond acceptors (Lipinski definition) is 2. The number of nitrogens with zero attached hydrogens (tertiary/aromatic N) is 1. The van der Waals surface area contributed by atoms with Gasteiger partial charge in [0.25, 0.3) is 0 Å². The van der Waals surface area contributed by atoms with Crippen LogP contribution in [0.1, 0.15) is 44.6 Å². The monoisotopic (exact) mass is 408 g/mol. The second-order valence-electron chi connectivity index (χ2n) is 8.65. The highest BCUT2D eigenvalue weighted by Crippen LogP contribution is 2.36. The molecule has 5 heteroatoms. The van der Waals surface area contributed by atoms with Gasteiger partial charge in [-0.25, -0.2) is 4.39 Å². The van der Waals surface area contributed by atoms with E-state index in [2.05, 4.69) is 5.32 Å². The number of rotatable bonds is 6. The lowest BCUT2D eigenvalue weighted by Gasteiger charge is -2.42. The second kappa shape index (κ2) is 8.58. The van der Waals surface area contributed by atoms with Crippen molar-refractivity contribution in [3.63, 3.8) is 0 Å². The molecule has 4 rings (SSSR count). The summed E-state index contributed by atoms with van der Waals surface area (Å²) in [4.78, 5) is 27.5. The predicted molar refractivity (Wildman–Crippen MR) is 115 cm³/mol. The van der Waals surface area contributed by atoms with Crippen molar-refractivity contribution in [2.75, 3.05) is 13.1 Å². The molecule has 0 unspecified atom stereocenters. The van der Waals surface area contributed by atoms with Gasteiger partial charge in [0.1, 0.15) is 5.82 Å². The molecule has 30 heavy (non-hydrogen) atoms. The maximum atomic E-state index is 14.1. The van der Waals surface area contributed by atoms with E-state index in [0.717, 1.165) is 43.4 Å². The van der Waals surface area contributed by atoms with Crippen molar-refractivity contribution >= 4 is 11.8 Å². The van der Waals surface area contributed by atoms with Crippen molar-refractivity contribution in [2.45, 2.75) is 51.5 Å². The van der Waals surface area contributed by atoms with Crippen LogP contribution in [0.5, 0.6) is 0 Å².